The van der Waals surface area contributed by atoms with E-state index in [0.717, 1.165) is 25.1 Å². The van der Waals surface area contributed by atoms with E-state index < -0.39 is 0 Å². The second kappa shape index (κ2) is 5.52. The standard InChI is InChI=1S/C14H22N2O/c1-3-16(2)13-6-4-12-9-14(17-10-15)7-5-11(12)8-13/h5,7,9,13H,3-4,6,8,10,15H2,1-2H3. The Morgan fingerprint density at radius 3 is 2.94 bits per heavy atom. The van der Waals surface area contributed by atoms with Gasteiger partial charge in [-0.3, -0.25) is 5.73 Å². The molecule has 1 unspecified atom stereocenters. The van der Waals surface area contributed by atoms with Crippen LogP contribution in [-0.2, 0) is 12.8 Å². The van der Waals surface area contributed by atoms with E-state index >= 15 is 0 Å². The van der Waals surface area contributed by atoms with Crippen LogP contribution in [0.5, 0.6) is 5.75 Å². The lowest BCUT2D eigenvalue weighted by Crippen LogP contribution is -2.36. The smallest absolute Gasteiger partial charge is 0.137 e. The molecule has 0 bridgehead atoms. The highest BCUT2D eigenvalue weighted by atomic mass is 16.5. The van der Waals surface area contributed by atoms with Crippen molar-refractivity contribution >= 4 is 0 Å². The van der Waals surface area contributed by atoms with Crippen molar-refractivity contribution in [2.24, 2.45) is 5.73 Å². The predicted molar refractivity (Wildman–Crippen MR) is 70.2 cm³/mol. The molecule has 0 fully saturated rings. The van der Waals surface area contributed by atoms with Crippen LogP contribution >= 0.6 is 0 Å². The lowest BCUT2D eigenvalue weighted by molar-refractivity contribution is 0.232. The Morgan fingerprint density at radius 2 is 2.24 bits per heavy atom. The summed E-state index contributed by atoms with van der Waals surface area (Å²) in [5, 5.41) is 0. The molecule has 0 amide bonds. The summed E-state index contributed by atoms with van der Waals surface area (Å²) in [6, 6.07) is 7.05. The summed E-state index contributed by atoms with van der Waals surface area (Å²) >= 11 is 0. The molecule has 2 N–H and O–H groups in total. The largest absolute Gasteiger partial charge is 0.479 e. The maximum Gasteiger partial charge on any atom is 0.137 e. The monoisotopic (exact) mass is 234 g/mol. The number of hydrogen-bond donors (Lipinski definition) is 1. The van der Waals surface area contributed by atoms with Crippen LogP contribution in [0.25, 0.3) is 0 Å². The van der Waals surface area contributed by atoms with Crippen LogP contribution in [0.4, 0.5) is 0 Å². The Morgan fingerprint density at radius 1 is 1.41 bits per heavy atom. The number of aryl methyl sites for hydroxylation is 1. The number of ether oxygens (including phenoxy) is 1. The van der Waals surface area contributed by atoms with Crippen LogP contribution < -0.4 is 10.5 Å². The van der Waals surface area contributed by atoms with Crippen molar-refractivity contribution in [2.75, 3.05) is 20.3 Å². The summed E-state index contributed by atoms with van der Waals surface area (Å²) < 4.78 is 5.33. The van der Waals surface area contributed by atoms with Crippen molar-refractivity contribution in [3.63, 3.8) is 0 Å². The predicted octanol–water partition coefficient (Wildman–Crippen LogP) is 1.79. The third-order valence-electron chi connectivity index (χ3n) is 3.75. The molecule has 0 aromatic heterocycles. The van der Waals surface area contributed by atoms with Crippen molar-refractivity contribution in [3.8, 4) is 5.75 Å². The van der Waals surface area contributed by atoms with Crippen molar-refractivity contribution in [2.45, 2.75) is 32.2 Å². The van der Waals surface area contributed by atoms with Gasteiger partial charge in [0.1, 0.15) is 12.5 Å². The second-order valence-corrected chi connectivity index (χ2v) is 4.71. The van der Waals surface area contributed by atoms with E-state index in [1.165, 1.54) is 17.5 Å². The third-order valence-corrected chi connectivity index (χ3v) is 3.75. The zero-order valence-electron chi connectivity index (χ0n) is 10.8. The van der Waals surface area contributed by atoms with Crippen molar-refractivity contribution in [1.82, 2.24) is 4.90 Å². The van der Waals surface area contributed by atoms with Crippen LogP contribution in [0.2, 0.25) is 0 Å². The molecule has 0 spiro atoms. The van der Waals surface area contributed by atoms with E-state index in [0.29, 0.717) is 6.04 Å². The third kappa shape index (κ3) is 2.79. The fraction of sp³-hybridized carbons (Fsp3) is 0.571. The molecule has 17 heavy (non-hydrogen) atoms. The zero-order valence-corrected chi connectivity index (χ0v) is 10.8. The lowest BCUT2D eigenvalue weighted by atomic mass is 9.87. The number of rotatable bonds is 4. The molecule has 1 aromatic rings. The first-order chi connectivity index (χ1) is 8.24. The second-order valence-electron chi connectivity index (χ2n) is 4.71. The Bertz CT molecular complexity index is 378. The first-order valence-corrected chi connectivity index (χ1v) is 6.39. The molecule has 0 heterocycles. The van der Waals surface area contributed by atoms with E-state index in [9.17, 15) is 0 Å². The Balaban J connectivity index is 2.11. The molecular weight excluding hydrogens is 212 g/mol. The minimum Gasteiger partial charge on any atom is -0.479 e. The highest BCUT2D eigenvalue weighted by molar-refractivity contribution is 5.37. The summed E-state index contributed by atoms with van der Waals surface area (Å²) in [7, 11) is 2.21. The van der Waals surface area contributed by atoms with Gasteiger partial charge in [0.2, 0.25) is 0 Å². The number of likely N-dealkylation sites (N-methyl/N-ethyl adjacent to an activating group) is 1. The summed E-state index contributed by atoms with van der Waals surface area (Å²) in [4.78, 5) is 2.44. The van der Waals surface area contributed by atoms with Crippen LogP contribution in [0, 0.1) is 0 Å². The topological polar surface area (TPSA) is 38.5 Å². The molecule has 0 radical (unpaired) electrons. The van der Waals surface area contributed by atoms with Crippen LogP contribution in [0.3, 0.4) is 0 Å². The summed E-state index contributed by atoms with van der Waals surface area (Å²) in [6.45, 7) is 3.59. The molecule has 0 saturated carbocycles. The summed E-state index contributed by atoms with van der Waals surface area (Å²) in [5.74, 6) is 0.897. The first kappa shape index (κ1) is 12.4. The van der Waals surface area contributed by atoms with Gasteiger partial charge in [-0.15, -0.1) is 0 Å². The number of benzene rings is 1. The van der Waals surface area contributed by atoms with Gasteiger partial charge in [-0.2, -0.15) is 0 Å². The van der Waals surface area contributed by atoms with Crippen LogP contribution in [0.1, 0.15) is 24.5 Å². The average molecular weight is 234 g/mol. The van der Waals surface area contributed by atoms with Crippen molar-refractivity contribution in [3.05, 3.63) is 29.3 Å². The number of nitrogens with zero attached hydrogens (tertiary/aromatic N) is 1. The number of hydrogen-bond acceptors (Lipinski definition) is 3. The maximum atomic E-state index is 5.39. The quantitative estimate of drug-likeness (QED) is 0.807. The molecule has 2 rings (SSSR count). The normalized spacial score (nSPS) is 19.2. The molecule has 1 aliphatic rings. The number of fused-ring (bicyclic) bond motifs is 1. The van der Waals surface area contributed by atoms with E-state index in [2.05, 4.69) is 31.0 Å². The van der Waals surface area contributed by atoms with Gasteiger partial charge in [-0.1, -0.05) is 13.0 Å². The van der Waals surface area contributed by atoms with Crippen molar-refractivity contribution in [1.29, 1.82) is 0 Å². The molecule has 0 aliphatic heterocycles. The van der Waals surface area contributed by atoms with Gasteiger partial charge in [-0.25, -0.2) is 0 Å². The van der Waals surface area contributed by atoms with Gasteiger partial charge in [0, 0.05) is 6.04 Å². The molecule has 3 nitrogen and oxygen atoms in total. The molecule has 1 aromatic carbocycles. The summed E-state index contributed by atoms with van der Waals surface area (Å²) in [5.41, 5.74) is 8.28. The zero-order chi connectivity index (χ0) is 12.3. The van der Waals surface area contributed by atoms with E-state index in [4.69, 9.17) is 10.5 Å². The van der Waals surface area contributed by atoms with Gasteiger partial charge < -0.3 is 9.64 Å². The van der Waals surface area contributed by atoms with Crippen LogP contribution in [0.15, 0.2) is 18.2 Å². The van der Waals surface area contributed by atoms with Gasteiger partial charge >= 0.3 is 0 Å². The molecule has 0 saturated heterocycles. The molecular formula is C14H22N2O. The van der Waals surface area contributed by atoms with Gasteiger partial charge in [-0.05, 0) is 56.1 Å². The fourth-order valence-corrected chi connectivity index (χ4v) is 2.53. The first-order valence-electron chi connectivity index (χ1n) is 6.39. The minimum absolute atomic E-state index is 0.250. The van der Waals surface area contributed by atoms with Gasteiger partial charge in [0.25, 0.3) is 0 Å². The Labute approximate surface area is 104 Å². The molecule has 1 aliphatic carbocycles. The van der Waals surface area contributed by atoms with Crippen molar-refractivity contribution < 1.29 is 4.74 Å². The van der Waals surface area contributed by atoms with E-state index in [1.807, 2.05) is 6.07 Å². The Hall–Kier alpha value is -1.06. The number of nitrogens with two attached hydrogens (primary N) is 1. The molecule has 1 atom stereocenters. The Kier molecular flexibility index (Phi) is 4.02. The van der Waals surface area contributed by atoms with Gasteiger partial charge in [0.05, 0.1) is 0 Å². The highest BCUT2D eigenvalue weighted by Crippen LogP contribution is 2.27. The molecule has 3 heteroatoms. The van der Waals surface area contributed by atoms with E-state index in [1.54, 1.807) is 0 Å². The minimum atomic E-state index is 0.250. The van der Waals surface area contributed by atoms with E-state index in [-0.39, 0.29) is 6.73 Å². The fourth-order valence-electron chi connectivity index (χ4n) is 2.53. The average Bonchev–Trinajstić information content (AvgIpc) is 2.37. The summed E-state index contributed by atoms with van der Waals surface area (Å²) in [6.07, 6.45) is 3.54. The lowest BCUT2D eigenvalue weighted by Gasteiger charge is -2.31. The molecule has 94 valence electrons. The maximum absolute atomic E-state index is 5.39. The van der Waals surface area contributed by atoms with Gasteiger partial charge in [0.15, 0.2) is 0 Å². The SMILES string of the molecule is CCN(C)C1CCc2cc(OCN)ccc2C1. The van der Waals surface area contributed by atoms with Crippen LogP contribution in [-0.4, -0.2) is 31.3 Å². The highest BCUT2D eigenvalue weighted by Gasteiger charge is 2.21.